The van der Waals surface area contributed by atoms with Gasteiger partial charge in [0.2, 0.25) is 12.5 Å². The van der Waals surface area contributed by atoms with Crippen molar-refractivity contribution in [2.24, 2.45) is 5.73 Å². The smallest absolute Gasteiger partial charge is 0.312 e. The van der Waals surface area contributed by atoms with Gasteiger partial charge in [0.05, 0.1) is 5.92 Å². The standard InChI is InChI=1S/C10H10FNO4/c11-8-5(6(3-12)10(13)14)1-2-7-9(8)16-4-15-7/h1-2,6H,3-4,12H2,(H,13,14). The maximum atomic E-state index is 13.8. The van der Waals surface area contributed by atoms with Gasteiger partial charge in [-0.15, -0.1) is 0 Å². The van der Waals surface area contributed by atoms with E-state index in [1.807, 2.05) is 0 Å². The third-order valence-corrected chi connectivity index (χ3v) is 2.42. The molecule has 5 nitrogen and oxygen atoms in total. The maximum absolute atomic E-state index is 13.8. The summed E-state index contributed by atoms with van der Waals surface area (Å²) in [5.74, 6) is -2.72. The molecule has 6 heteroatoms. The van der Waals surface area contributed by atoms with Gasteiger partial charge in [-0.2, -0.15) is 0 Å². The van der Waals surface area contributed by atoms with Gasteiger partial charge in [0.15, 0.2) is 11.6 Å². The van der Waals surface area contributed by atoms with Crippen LogP contribution in [-0.2, 0) is 4.79 Å². The molecule has 1 aromatic rings. The van der Waals surface area contributed by atoms with Crippen LogP contribution in [0.4, 0.5) is 4.39 Å². The number of carboxylic acids is 1. The average molecular weight is 227 g/mol. The van der Waals surface area contributed by atoms with Crippen LogP contribution in [-0.4, -0.2) is 24.4 Å². The number of hydrogen-bond donors (Lipinski definition) is 2. The number of aliphatic carboxylic acids is 1. The predicted molar refractivity (Wildman–Crippen MR) is 52.0 cm³/mol. The van der Waals surface area contributed by atoms with Crippen LogP contribution in [0.15, 0.2) is 12.1 Å². The van der Waals surface area contributed by atoms with E-state index in [1.54, 1.807) is 0 Å². The van der Waals surface area contributed by atoms with E-state index in [9.17, 15) is 9.18 Å². The molecule has 3 N–H and O–H groups in total. The van der Waals surface area contributed by atoms with E-state index < -0.39 is 17.7 Å². The van der Waals surface area contributed by atoms with Gasteiger partial charge in [0, 0.05) is 12.1 Å². The molecular weight excluding hydrogens is 217 g/mol. The molecule has 0 radical (unpaired) electrons. The molecule has 1 heterocycles. The van der Waals surface area contributed by atoms with Crippen molar-refractivity contribution in [3.63, 3.8) is 0 Å². The normalized spacial score (nSPS) is 14.9. The summed E-state index contributed by atoms with van der Waals surface area (Å²) in [6.07, 6.45) is 0. The minimum absolute atomic E-state index is 0.0132. The summed E-state index contributed by atoms with van der Waals surface area (Å²) in [6.45, 7) is -0.234. The Balaban J connectivity index is 2.46. The number of halogens is 1. The fourth-order valence-corrected chi connectivity index (χ4v) is 1.58. The zero-order valence-electron chi connectivity index (χ0n) is 8.27. The van der Waals surface area contributed by atoms with Crippen molar-refractivity contribution >= 4 is 5.97 Å². The summed E-state index contributed by atoms with van der Waals surface area (Å²) >= 11 is 0. The highest BCUT2D eigenvalue weighted by Gasteiger charge is 2.27. The number of carboxylic acid groups (broad SMARTS) is 1. The zero-order valence-corrected chi connectivity index (χ0v) is 8.27. The third kappa shape index (κ3) is 1.57. The molecule has 0 saturated heterocycles. The highest BCUT2D eigenvalue weighted by molar-refractivity contribution is 5.77. The number of hydrogen-bond acceptors (Lipinski definition) is 4. The molecule has 0 aliphatic carbocycles. The van der Waals surface area contributed by atoms with E-state index in [4.69, 9.17) is 20.3 Å². The van der Waals surface area contributed by atoms with Gasteiger partial charge in [-0.3, -0.25) is 4.79 Å². The van der Waals surface area contributed by atoms with Gasteiger partial charge in [-0.1, -0.05) is 6.07 Å². The van der Waals surface area contributed by atoms with E-state index in [0.717, 1.165) is 0 Å². The van der Waals surface area contributed by atoms with Gasteiger partial charge < -0.3 is 20.3 Å². The molecule has 1 aliphatic rings. The second-order valence-corrected chi connectivity index (χ2v) is 3.33. The Bertz CT molecular complexity index is 435. The van der Waals surface area contributed by atoms with Crippen molar-refractivity contribution in [1.82, 2.24) is 0 Å². The number of ether oxygens (including phenoxy) is 2. The quantitative estimate of drug-likeness (QED) is 0.793. The first-order valence-electron chi connectivity index (χ1n) is 4.66. The molecule has 86 valence electrons. The van der Waals surface area contributed by atoms with Crippen LogP contribution in [0.1, 0.15) is 11.5 Å². The molecule has 16 heavy (non-hydrogen) atoms. The minimum Gasteiger partial charge on any atom is -0.481 e. The Morgan fingerprint density at radius 3 is 2.94 bits per heavy atom. The molecule has 0 amide bonds. The van der Waals surface area contributed by atoms with Crippen LogP contribution in [0, 0.1) is 5.82 Å². The van der Waals surface area contributed by atoms with Gasteiger partial charge in [0.1, 0.15) is 0 Å². The third-order valence-electron chi connectivity index (χ3n) is 2.42. The van der Waals surface area contributed by atoms with E-state index in [2.05, 4.69) is 0 Å². The van der Waals surface area contributed by atoms with Gasteiger partial charge in [-0.25, -0.2) is 4.39 Å². The number of nitrogens with two attached hydrogens (primary N) is 1. The van der Waals surface area contributed by atoms with E-state index >= 15 is 0 Å². The molecule has 0 saturated carbocycles. The molecule has 0 bridgehead atoms. The maximum Gasteiger partial charge on any atom is 0.312 e. The Kier molecular flexibility index (Phi) is 2.66. The topological polar surface area (TPSA) is 81.8 Å². The highest BCUT2D eigenvalue weighted by atomic mass is 19.1. The highest BCUT2D eigenvalue weighted by Crippen LogP contribution is 2.38. The Hall–Kier alpha value is -1.82. The van der Waals surface area contributed by atoms with Crippen molar-refractivity contribution < 1.29 is 23.8 Å². The lowest BCUT2D eigenvalue weighted by Gasteiger charge is -2.11. The summed E-state index contributed by atoms with van der Waals surface area (Å²) in [4.78, 5) is 10.9. The van der Waals surface area contributed by atoms with E-state index in [0.29, 0.717) is 0 Å². The van der Waals surface area contributed by atoms with Crippen molar-refractivity contribution in [1.29, 1.82) is 0 Å². The second-order valence-electron chi connectivity index (χ2n) is 3.33. The SMILES string of the molecule is NCC(C(=O)O)c1ccc2c(c1F)OCO2. The lowest BCUT2D eigenvalue weighted by Crippen LogP contribution is -2.22. The molecule has 1 aromatic carbocycles. The number of benzene rings is 1. The first kappa shape index (κ1) is 10.7. The van der Waals surface area contributed by atoms with Crippen molar-refractivity contribution in [2.75, 3.05) is 13.3 Å². The summed E-state index contributed by atoms with van der Waals surface area (Å²) in [7, 11) is 0. The van der Waals surface area contributed by atoms with Crippen molar-refractivity contribution in [3.8, 4) is 11.5 Å². The number of fused-ring (bicyclic) bond motifs is 1. The van der Waals surface area contributed by atoms with E-state index in [1.165, 1.54) is 12.1 Å². The minimum atomic E-state index is -1.17. The van der Waals surface area contributed by atoms with Crippen LogP contribution in [0.25, 0.3) is 0 Å². The van der Waals surface area contributed by atoms with Crippen LogP contribution in [0.3, 0.4) is 0 Å². The molecule has 0 spiro atoms. The summed E-state index contributed by atoms with van der Waals surface area (Å²) in [6, 6.07) is 2.83. The van der Waals surface area contributed by atoms with Crippen molar-refractivity contribution in [2.45, 2.75) is 5.92 Å². The van der Waals surface area contributed by atoms with Crippen LogP contribution >= 0.6 is 0 Å². The molecule has 1 unspecified atom stereocenters. The predicted octanol–water partition coefficient (Wildman–Crippen LogP) is 0.681. The summed E-state index contributed by atoms with van der Waals surface area (Å²) < 4.78 is 23.7. The molecule has 0 fully saturated rings. The molecule has 1 atom stereocenters. The van der Waals surface area contributed by atoms with Crippen LogP contribution in [0.2, 0.25) is 0 Å². The van der Waals surface area contributed by atoms with Gasteiger partial charge in [-0.05, 0) is 6.07 Å². The summed E-state index contributed by atoms with van der Waals surface area (Å²) in [5, 5.41) is 8.88. The molecule has 0 aromatic heterocycles. The Morgan fingerprint density at radius 1 is 1.56 bits per heavy atom. The monoisotopic (exact) mass is 227 g/mol. The number of carbonyl (C=O) groups is 1. The van der Waals surface area contributed by atoms with E-state index in [-0.39, 0.29) is 30.4 Å². The van der Waals surface area contributed by atoms with Crippen LogP contribution in [0.5, 0.6) is 11.5 Å². The zero-order chi connectivity index (χ0) is 11.7. The largest absolute Gasteiger partial charge is 0.481 e. The molecule has 1 aliphatic heterocycles. The fourth-order valence-electron chi connectivity index (χ4n) is 1.58. The first-order valence-corrected chi connectivity index (χ1v) is 4.66. The van der Waals surface area contributed by atoms with Crippen LogP contribution < -0.4 is 15.2 Å². The van der Waals surface area contributed by atoms with Gasteiger partial charge >= 0.3 is 5.97 Å². The first-order chi connectivity index (χ1) is 7.65. The second kappa shape index (κ2) is 3.97. The Labute approximate surface area is 90.6 Å². The van der Waals surface area contributed by atoms with Gasteiger partial charge in [0.25, 0.3) is 0 Å². The summed E-state index contributed by atoms with van der Waals surface area (Å²) in [5.41, 5.74) is 5.31. The molecule has 2 rings (SSSR count). The van der Waals surface area contributed by atoms with Crippen molar-refractivity contribution in [3.05, 3.63) is 23.5 Å². The number of rotatable bonds is 3. The lowest BCUT2D eigenvalue weighted by molar-refractivity contribution is -0.138. The fraction of sp³-hybridized carbons (Fsp3) is 0.300. The average Bonchev–Trinajstić information content (AvgIpc) is 2.70. The molecular formula is C10H10FNO4. The lowest BCUT2D eigenvalue weighted by atomic mass is 9.98. The Morgan fingerprint density at radius 2 is 2.31 bits per heavy atom.